The average molecular weight is 388 g/mol. The predicted octanol–water partition coefficient (Wildman–Crippen LogP) is 2.50. The lowest BCUT2D eigenvalue weighted by Gasteiger charge is -2.25. The van der Waals surface area contributed by atoms with Gasteiger partial charge in [0.05, 0.1) is 25.0 Å². The van der Waals surface area contributed by atoms with E-state index in [0.29, 0.717) is 12.1 Å². The van der Waals surface area contributed by atoms with E-state index in [-0.39, 0.29) is 29.9 Å². The zero-order chi connectivity index (χ0) is 19.4. The molecule has 0 aliphatic carbocycles. The van der Waals surface area contributed by atoms with Gasteiger partial charge in [0.25, 0.3) is 0 Å². The van der Waals surface area contributed by atoms with Crippen molar-refractivity contribution in [2.45, 2.75) is 18.9 Å². The number of amides is 1. The monoisotopic (exact) mass is 388 g/mol. The summed E-state index contributed by atoms with van der Waals surface area (Å²) in [5, 5.41) is 2.88. The number of ether oxygens (including phenoxy) is 1. The van der Waals surface area contributed by atoms with Crippen LogP contribution < -0.4 is 15.0 Å². The number of nitrogens with one attached hydrogen (secondary N) is 1. The van der Waals surface area contributed by atoms with Gasteiger partial charge in [0, 0.05) is 24.5 Å². The van der Waals surface area contributed by atoms with Gasteiger partial charge >= 0.3 is 0 Å². The van der Waals surface area contributed by atoms with E-state index in [0.717, 1.165) is 17.0 Å². The van der Waals surface area contributed by atoms with Crippen molar-refractivity contribution in [1.82, 2.24) is 0 Å². The van der Waals surface area contributed by atoms with E-state index in [1.54, 1.807) is 7.11 Å². The minimum atomic E-state index is -2.91. The Hall–Kier alpha value is -2.54. The van der Waals surface area contributed by atoms with Crippen molar-refractivity contribution in [1.29, 1.82) is 0 Å². The highest BCUT2D eigenvalue weighted by atomic mass is 32.2. The Kier molecular flexibility index (Phi) is 5.70. The van der Waals surface area contributed by atoms with E-state index in [1.807, 2.05) is 60.5 Å². The molecule has 7 heteroatoms. The highest BCUT2D eigenvalue weighted by molar-refractivity contribution is 7.91. The molecule has 1 unspecified atom stereocenters. The summed E-state index contributed by atoms with van der Waals surface area (Å²) >= 11 is 0. The second-order valence-electron chi connectivity index (χ2n) is 6.79. The molecule has 0 spiro atoms. The lowest BCUT2D eigenvalue weighted by molar-refractivity contribution is -0.115. The van der Waals surface area contributed by atoms with Crippen LogP contribution in [0, 0.1) is 0 Å². The van der Waals surface area contributed by atoms with Crippen LogP contribution in [0.15, 0.2) is 48.5 Å². The van der Waals surface area contributed by atoms with Crippen molar-refractivity contribution in [3.8, 4) is 5.75 Å². The standard InChI is InChI=1S/C20H24N2O4S/c1-22(18-11-12-27(24,25)14-18)17-7-5-16(6-8-17)21-20(23)13-15-3-9-19(26-2)10-4-15/h3-10,18H,11-14H2,1-2H3,(H,21,23). The molecule has 1 saturated heterocycles. The van der Waals surface area contributed by atoms with E-state index in [4.69, 9.17) is 4.74 Å². The van der Waals surface area contributed by atoms with Crippen LogP contribution in [-0.4, -0.2) is 46.0 Å². The zero-order valence-corrected chi connectivity index (χ0v) is 16.3. The van der Waals surface area contributed by atoms with Gasteiger partial charge < -0.3 is 15.0 Å². The summed E-state index contributed by atoms with van der Waals surface area (Å²) in [6, 6.07) is 14.9. The van der Waals surface area contributed by atoms with Gasteiger partial charge in [-0.2, -0.15) is 0 Å². The van der Waals surface area contributed by atoms with Crippen LogP contribution in [0.3, 0.4) is 0 Å². The number of methoxy groups -OCH3 is 1. The molecule has 27 heavy (non-hydrogen) atoms. The number of sulfone groups is 1. The van der Waals surface area contributed by atoms with Crippen LogP contribution >= 0.6 is 0 Å². The molecule has 0 bridgehead atoms. The number of carbonyl (C=O) groups excluding carboxylic acids is 1. The van der Waals surface area contributed by atoms with Crippen molar-refractivity contribution >= 4 is 27.1 Å². The number of hydrogen-bond acceptors (Lipinski definition) is 5. The second kappa shape index (κ2) is 8.00. The summed E-state index contributed by atoms with van der Waals surface area (Å²) in [4.78, 5) is 14.2. The zero-order valence-electron chi connectivity index (χ0n) is 15.5. The maximum absolute atomic E-state index is 12.2. The Morgan fingerprint density at radius 1 is 1.15 bits per heavy atom. The van der Waals surface area contributed by atoms with E-state index in [1.165, 1.54) is 0 Å². The number of carbonyl (C=O) groups is 1. The molecule has 144 valence electrons. The first-order valence-electron chi connectivity index (χ1n) is 8.82. The predicted molar refractivity (Wildman–Crippen MR) is 107 cm³/mol. The smallest absolute Gasteiger partial charge is 0.228 e. The molecule has 1 N–H and O–H groups in total. The lowest BCUT2D eigenvalue weighted by Crippen LogP contribution is -2.32. The molecule has 6 nitrogen and oxygen atoms in total. The van der Waals surface area contributed by atoms with Crippen LogP contribution in [0.1, 0.15) is 12.0 Å². The van der Waals surface area contributed by atoms with Gasteiger partial charge in [-0.3, -0.25) is 4.79 Å². The number of hydrogen-bond donors (Lipinski definition) is 1. The van der Waals surface area contributed by atoms with E-state index >= 15 is 0 Å². The minimum absolute atomic E-state index is 0.00510. The Balaban J connectivity index is 1.57. The van der Waals surface area contributed by atoms with Crippen molar-refractivity contribution in [3.63, 3.8) is 0 Å². The fourth-order valence-corrected chi connectivity index (χ4v) is 4.98. The summed E-state index contributed by atoms with van der Waals surface area (Å²) in [7, 11) is 0.598. The van der Waals surface area contributed by atoms with Crippen molar-refractivity contribution in [2.75, 3.05) is 35.9 Å². The Morgan fingerprint density at radius 3 is 2.37 bits per heavy atom. The highest BCUT2D eigenvalue weighted by Gasteiger charge is 2.30. The third-order valence-electron chi connectivity index (χ3n) is 4.84. The van der Waals surface area contributed by atoms with Gasteiger partial charge in [0.15, 0.2) is 9.84 Å². The molecule has 0 radical (unpaired) electrons. The molecule has 1 atom stereocenters. The summed E-state index contributed by atoms with van der Waals surface area (Å²) in [5.74, 6) is 1.11. The Labute approximate surface area is 160 Å². The van der Waals surface area contributed by atoms with Crippen LogP contribution in [0.25, 0.3) is 0 Å². The average Bonchev–Trinajstić information content (AvgIpc) is 3.02. The van der Waals surface area contributed by atoms with Crippen molar-refractivity contribution < 1.29 is 17.9 Å². The number of rotatable bonds is 6. The normalized spacial score (nSPS) is 18.1. The molecular weight excluding hydrogens is 364 g/mol. The van der Waals surface area contributed by atoms with Crippen LogP contribution in [0.4, 0.5) is 11.4 Å². The van der Waals surface area contributed by atoms with Crippen LogP contribution in [0.2, 0.25) is 0 Å². The molecule has 2 aromatic rings. The number of benzene rings is 2. The van der Waals surface area contributed by atoms with E-state index in [2.05, 4.69) is 5.32 Å². The third kappa shape index (κ3) is 5.01. The molecule has 1 heterocycles. The van der Waals surface area contributed by atoms with Gasteiger partial charge in [-0.1, -0.05) is 12.1 Å². The molecule has 1 fully saturated rings. The van der Waals surface area contributed by atoms with Crippen molar-refractivity contribution in [3.05, 3.63) is 54.1 Å². The van der Waals surface area contributed by atoms with Gasteiger partial charge in [-0.25, -0.2) is 8.42 Å². The molecule has 1 aliphatic heterocycles. The SMILES string of the molecule is COc1ccc(CC(=O)Nc2ccc(N(C)C3CCS(=O)(=O)C3)cc2)cc1. The van der Waals surface area contributed by atoms with Gasteiger partial charge in [-0.15, -0.1) is 0 Å². The van der Waals surface area contributed by atoms with Gasteiger partial charge in [-0.05, 0) is 48.4 Å². The molecule has 1 amide bonds. The maximum Gasteiger partial charge on any atom is 0.228 e. The van der Waals surface area contributed by atoms with Crippen LogP contribution in [0.5, 0.6) is 5.75 Å². The van der Waals surface area contributed by atoms with Crippen LogP contribution in [-0.2, 0) is 21.1 Å². The number of anilines is 2. The minimum Gasteiger partial charge on any atom is -0.497 e. The molecule has 3 rings (SSSR count). The highest BCUT2D eigenvalue weighted by Crippen LogP contribution is 2.24. The van der Waals surface area contributed by atoms with E-state index < -0.39 is 9.84 Å². The molecule has 1 aliphatic rings. The second-order valence-corrected chi connectivity index (χ2v) is 9.02. The first-order valence-corrected chi connectivity index (χ1v) is 10.6. The fraction of sp³-hybridized carbons (Fsp3) is 0.350. The molecular formula is C20H24N2O4S. The first-order chi connectivity index (χ1) is 12.9. The molecule has 2 aromatic carbocycles. The topological polar surface area (TPSA) is 75.7 Å². The van der Waals surface area contributed by atoms with Crippen molar-refractivity contribution in [2.24, 2.45) is 0 Å². The summed E-state index contributed by atoms with van der Waals surface area (Å²) in [5.41, 5.74) is 2.56. The molecule has 0 aromatic heterocycles. The van der Waals surface area contributed by atoms with Gasteiger partial charge in [0.1, 0.15) is 5.75 Å². The summed E-state index contributed by atoms with van der Waals surface area (Å²) in [6.07, 6.45) is 0.935. The Bertz CT molecular complexity index is 893. The fourth-order valence-electron chi connectivity index (χ4n) is 3.21. The quantitative estimate of drug-likeness (QED) is 0.823. The number of nitrogens with zero attached hydrogens (tertiary/aromatic N) is 1. The lowest BCUT2D eigenvalue weighted by atomic mass is 10.1. The molecule has 0 saturated carbocycles. The first kappa shape index (κ1) is 19.2. The van der Waals surface area contributed by atoms with E-state index in [9.17, 15) is 13.2 Å². The summed E-state index contributed by atoms with van der Waals surface area (Å²) < 4.78 is 28.4. The summed E-state index contributed by atoms with van der Waals surface area (Å²) in [6.45, 7) is 0. The maximum atomic E-state index is 12.2. The van der Waals surface area contributed by atoms with Gasteiger partial charge in [0.2, 0.25) is 5.91 Å². The Morgan fingerprint density at radius 2 is 1.81 bits per heavy atom. The largest absolute Gasteiger partial charge is 0.497 e. The third-order valence-corrected chi connectivity index (χ3v) is 6.59.